The first-order chi connectivity index (χ1) is 21.1. The van der Waals surface area contributed by atoms with Crippen LogP contribution in [-0.4, -0.2) is 111 Å². The number of aliphatic hydroxyl groups is 2. The third kappa shape index (κ3) is 6.27. The number of phenolic OH excluding ortho intramolecular Hbond substituents is 9. The molecule has 0 saturated carbocycles. The van der Waals surface area contributed by atoms with Gasteiger partial charge in [0.05, 0.1) is 5.56 Å². The van der Waals surface area contributed by atoms with E-state index in [9.17, 15) is 70.6 Å². The molecule has 18 heteroatoms. The summed E-state index contributed by atoms with van der Waals surface area (Å²) < 4.78 is 20.5. The van der Waals surface area contributed by atoms with Gasteiger partial charge in [0.2, 0.25) is 17.8 Å². The van der Waals surface area contributed by atoms with Crippen LogP contribution in [0, 0.1) is 0 Å². The number of ether oxygens (including phenoxy) is 4. The van der Waals surface area contributed by atoms with Crippen LogP contribution in [-0.2, 0) is 18.9 Å². The molecule has 1 saturated heterocycles. The third-order valence-electron chi connectivity index (χ3n) is 6.49. The van der Waals surface area contributed by atoms with Gasteiger partial charge >= 0.3 is 17.9 Å². The van der Waals surface area contributed by atoms with E-state index in [2.05, 4.69) is 0 Å². The lowest BCUT2D eigenvalue weighted by atomic mass is 9.98. The summed E-state index contributed by atoms with van der Waals surface area (Å²) in [4.78, 5) is 38.1. The summed E-state index contributed by atoms with van der Waals surface area (Å²) in [5.74, 6) is -12.9. The first kappa shape index (κ1) is 32.1. The van der Waals surface area contributed by atoms with Gasteiger partial charge in [-0.15, -0.1) is 0 Å². The number of phenols is 9. The monoisotopic (exact) mass is 636 g/mol. The van der Waals surface area contributed by atoms with Crippen molar-refractivity contribution in [2.24, 2.45) is 0 Å². The zero-order valence-electron chi connectivity index (χ0n) is 22.3. The molecule has 0 spiro atoms. The molecule has 45 heavy (non-hydrogen) atoms. The van der Waals surface area contributed by atoms with Crippen LogP contribution in [0.2, 0.25) is 0 Å². The Labute approximate surface area is 249 Å². The van der Waals surface area contributed by atoms with Crippen LogP contribution < -0.4 is 0 Å². The van der Waals surface area contributed by atoms with Gasteiger partial charge in [0.15, 0.2) is 52.5 Å². The Bertz CT molecular complexity index is 1630. The van der Waals surface area contributed by atoms with Gasteiger partial charge in [0.1, 0.15) is 29.9 Å². The Balaban J connectivity index is 1.61. The summed E-state index contributed by atoms with van der Waals surface area (Å²) >= 11 is 0. The van der Waals surface area contributed by atoms with Crippen LogP contribution in [0.3, 0.4) is 0 Å². The van der Waals surface area contributed by atoms with Gasteiger partial charge in [-0.05, 0) is 36.4 Å². The van der Waals surface area contributed by atoms with E-state index in [0.717, 1.165) is 24.3 Å². The van der Waals surface area contributed by atoms with Crippen molar-refractivity contribution in [2.45, 2.75) is 30.7 Å². The zero-order valence-corrected chi connectivity index (χ0v) is 22.3. The summed E-state index contributed by atoms with van der Waals surface area (Å²) in [6.07, 6.45) is -10.3. The molecule has 4 rings (SSSR count). The number of aliphatic hydroxyl groups excluding tert-OH is 2. The van der Waals surface area contributed by atoms with Gasteiger partial charge in [0, 0.05) is 0 Å². The van der Waals surface area contributed by atoms with E-state index in [-0.39, 0.29) is 0 Å². The molecule has 1 heterocycles. The predicted molar refractivity (Wildman–Crippen MR) is 140 cm³/mol. The van der Waals surface area contributed by atoms with Gasteiger partial charge in [-0.2, -0.15) is 0 Å². The zero-order chi connectivity index (χ0) is 33.3. The van der Waals surface area contributed by atoms with Crippen molar-refractivity contribution in [1.82, 2.24) is 0 Å². The number of hydrogen-bond acceptors (Lipinski definition) is 18. The summed E-state index contributed by atoms with van der Waals surface area (Å²) in [5, 5.41) is 109. The van der Waals surface area contributed by atoms with E-state index in [1.165, 1.54) is 0 Å². The molecular weight excluding hydrogens is 612 g/mol. The van der Waals surface area contributed by atoms with Gasteiger partial charge in [-0.3, -0.25) is 0 Å². The molecule has 1 aliphatic rings. The molecule has 0 amide bonds. The van der Waals surface area contributed by atoms with Crippen LogP contribution in [0.5, 0.6) is 51.7 Å². The van der Waals surface area contributed by atoms with Gasteiger partial charge < -0.3 is 75.1 Å². The van der Waals surface area contributed by atoms with Gasteiger partial charge in [0.25, 0.3) is 0 Å². The van der Waals surface area contributed by atoms with Crippen LogP contribution in [0.4, 0.5) is 0 Å². The van der Waals surface area contributed by atoms with Crippen molar-refractivity contribution in [3.05, 3.63) is 53.1 Å². The molecule has 18 nitrogen and oxygen atoms in total. The van der Waals surface area contributed by atoms with Crippen LogP contribution in [0.25, 0.3) is 0 Å². The smallest absolute Gasteiger partial charge is 0.342 e. The quantitative estimate of drug-likeness (QED) is 0.0902. The van der Waals surface area contributed by atoms with E-state index in [1.54, 1.807) is 0 Å². The first-order valence-corrected chi connectivity index (χ1v) is 12.5. The number of carbonyl (C=O) groups is 3. The van der Waals surface area contributed by atoms with E-state index in [1.807, 2.05) is 0 Å². The molecule has 1 aliphatic heterocycles. The summed E-state index contributed by atoms with van der Waals surface area (Å²) in [6.45, 7) is -0.956. The highest BCUT2D eigenvalue weighted by Gasteiger charge is 2.49. The van der Waals surface area contributed by atoms with Crippen molar-refractivity contribution in [3.63, 3.8) is 0 Å². The highest BCUT2D eigenvalue weighted by molar-refractivity contribution is 5.95. The fraction of sp³-hybridized carbons (Fsp3) is 0.222. The van der Waals surface area contributed by atoms with Gasteiger partial charge in [-0.25, -0.2) is 14.4 Å². The fourth-order valence-electron chi connectivity index (χ4n) is 4.06. The van der Waals surface area contributed by atoms with Crippen molar-refractivity contribution in [1.29, 1.82) is 0 Å². The predicted octanol–water partition coefficient (Wildman–Crippen LogP) is -0.277. The highest BCUT2D eigenvalue weighted by Crippen LogP contribution is 2.39. The molecule has 0 aromatic heterocycles. The molecule has 3 aromatic carbocycles. The lowest BCUT2D eigenvalue weighted by Crippen LogP contribution is -2.61. The Hall–Kier alpha value is -5.85. The molecule has 11 N–H and O–H groups in total. The van der Waals surface area contributed by atoms with Crippen molar-refractivity contribution < 1.29 is 89.5 Å². The second-order valence-corrected chi connectivity index (χ2v) is 9.42. The van der Waals surface area contributed by atoms with Crippen molar-refractivity contribution in [2.75, 3.05) is 6.61 Å². The molecule has 5 atom stereocenters. The standard InChI is InChI=1S/C27H24O18/c28-11-3-1-9(16(32)19(11)35)25(40)42-7-15-21(37)23(44-26(41)10-2-4-12(29)20(36)17(10)33)22(38)27(43-15)45-24(39)8-5-13(30)18(34)14(31)6-8/h1-6,15,21-23,27-38H,7H2. The molecule has 3 aromatic rings. The minimum absolute atomic E-state index is 0.576. The summed E-state index contributed by atoms with van der Waals surface area (Å²) in [7, 11) is 0. The number of esters is 3. The maximum Gasteiger partial charge on any atom is 0.342 e. The average Bonchev–Trinajstić information content (AvgIpc) is 2.99. The lowest BCUT2D eigenvalue weighted by molar-refractivity contribution is -0.284. The number of hydrogen-bond donors (Lipinski definition) is 11. The second kappa shape index (κ2) is 12.4. The van der Waals surface area contributed by atoms with Crippen LogP contribution in [0.1, 0.15) is 31.1 Å². The highest BCUT2D eigenvalue weighted by atomic mass is 16.7. The molecular formula is C27H24O18. The number of benzene rings is 3. The van der Waals surface area contributed by atoms with E-state index < -0.39 is 124 Å². The summed E-state index contributed by atoms with van der Waals surface area (Å²) in [6, 6.07) is 4.73. The van der Waals surface area contributed by atoms with E-state index >= 15 is 0 Å². The minimum Gasteiger partial charge on any atom is -0.504 e. The van der Waals surface area contributed by atoms with Crippen LogP contribution >= 0.6 is 0 Å². The molecule has 0 aliphatic carbocycles. The molecule has 240 valence electrons. The molecule has 5 unspecified atom stereocenters. The Morgan fingerprint density at radius 3 is 1.64 bits per heavy atom. The summed E-state index contributed by atoms with van der Waals surface area (Å²) in [5.41, 5.74) is -1.96. The molecule has 1 fully saturated rings. The molecule has 0 radical (unpaired) electrons. The molecule has 0 bridgehead atoms. The lowest BCUT2D eigenvalue weighted by Gasteiger charge is -2.41. The fourth-order valence-corrected chi connectivity index (χ4v) is 4.06. The Morgan fingerprint density at radius 1 is 0.600 bits per heavy atom. The normalized spacial score (nSPS) is 21.1. The second-order valence-electron chi connectivity index (χ2n) is 9.42. The average molecular weight is 636 g/mol. The maximum absolute atomic E-state index is 12.8. The first-order valence-electron chi connectivity index (χ1n) is 12.5. The Kier molecular flexibility index (Phi) is 8.84. The van der Waals surface area contributed by atoms with E-state index in [0.29, 0.717) is 12.1 Å². The third-order valence-corrected chi connectivity index (χ3v) is 6.49. The van der Waals surface area contributed by atoms with Gasteiger partial charge in [-0.1, -0.05) is 0 Å². The largest absolute Gasteiger partial charge is 0.504 e. The number of rotatable bonds is 7. The topological polar surface area (TPSA) is 311 Å². The minimum atomic E-state index is -2.22. The number of carbonyl (C=O) groups excluding carboxylic acids is 3. The van der Waals surface area contributed by atoms with Crippen molar-refractivity contribution >= 4 is 17.9 Å². The van der Waals surface area contributed by atoms with Crippen molar-refractivity contribution in [3.8, 4) is 51.7 Å². The maximum atomic E-state index is 12.8. The van der Waals surface area contributed by atoms with E-state index in [4.69, 9.17) is 18.9 Å². The van der Waals surface area contributed by atoms with Crippen LogP contribution in [0.15, 0.2) is 36.4 Å². The Morgan fingerprint density at radius 2 is 1.11 bits per heavy atom. The SMILES string of the molecule is O=C(OC1OC(COC(=O)c2ccc(O)c(O)c2O)C(O)C(OC(=O)c2ccc(O)c(O)c2O)C1O)c1cc(O)c(O)c(O)c1. The number of aromatic hydroxyl groups is 9.